The van der Waals surface area contributed by atoms with Crippen LogP contribution in [0, 0.1) is 0 Å². The van der Waals surface area contributed by atoms with E-state index in [9.17, 15) is 0 Å². The maximum Gasteiger partial charge on any atom is 0.0459 e. The summed E-state index contributed by atoms with van der Waals surface area (Å²) in [5.74, 6) is 0. The lowest BCUT2D eigenvalue weighted by molar-refractivity contribution is 0.170. The Labute approximate surface area is 95.1 Å². The summed E-state index contributed by atoms with van der Waals surface area (Å²) in [4.78, 5) is 3.54. The molecule has 2 nitrogen and oxygen atoms in total. The van der Waals surface area contributed by atoms with Crippen molar-refractivity contribution in [3.05, 3.63) is 35.5 Å². The van der Waals surface area contributed by atoms with Crippen molar-refractivity contribution in [1.29, 1.82) is 0 Å². The fraction of sp³-hybridized carbons (Fsp3) is 0.429. The van der Waals surface area contributed by atoms with Crippen molar-refractivity contribution in [2.45, 2.75) is 37.8 Å². The summed E-state index contributed by atoms with van der Waals surface area (Å²) < 4.78 is 0. The maximum atomic E-state index is 3.72. The zero-order valence-corrected chi connectivity index (χ0v) is 9.34. The molecule has 2 N–H and O–H groups in total. The summed E-state index contributed by atoms with van der Waals surface area (Å²) in [5, 5.41) is 5.15. The number of aromatic amines is 1. The number of aromatic nitrogens is 1. The highest BCUT2D eigenvalue weighted by Crippen LogP contribution is 2.40. The molecule has 0 radical (unpaired) electrons. The van der Waals surface area contributed by atoms with Crippen LogP contribution in [0.2, 0.25) is 0 Å². The molecule has 0 atom stereocenters. The molecule has 2 aliphatic rings. The van der Waals surface area contributed by atoms with Crippen LogP contribution in [0.4, 0.5) is 0 Å². The molecule has 2 heterocycles. The maximum absolute atomic E-state index is 3.72. The van der Waals surface area contributed by atoms with Crippen LogP contribution < -0.4 is 5.32 Å². The Morgan fingerprint density at radius 3 is 2.81 bits per heavy atom. The Hall–Kier alpha value is -1.28. The van der Waals surface area contributed by atoms with Crippen LogP contribution in [0.25, 0.3) is 10.9 Å². The van der Waals surface area contributed by atoms with Crippen molar-refractivity contribution in [3.8, 4) is 0 Å². The van der Waals surface area contributed by atoms with Gasteiger partial charge in [0.05, 0.1) is 0 Å². The van der Waals surface area contributed by atoms with E-state index in [1.165, 1.54) is 42.3 Å². The van der Waals surface area contributed by atoms with Crippen LogP contribution in [0.3, 0.4) is 0 Å². The molecule has 2 aromatic rings. The largest absolute Gasteiger partial charge is 0.357 e. The monoisotopic (exact) mass is 212 g/mol. The number of hydrogen-bond acceptors (Lipinski definition) is 1. The number of hydrogen-bond donors (Lipinski definition) is 2. The molecule has 1 aromatic heterocycles. The van der Waals surface area contributed by atoms with Crippen LogP contribution in [-0.4, -0.2) is 10.5 Å². The first-order valence-corrected chi connectivity index (χ1v) is 6.20. The van der Waals surface area contributed by atoms with Crippen LogP contribution in [-0.2, 0) is 13.0 Å². The Balaban J connectivity index is 1.89. The molecule has 0 bridgehead atoms. The first kappa shape index (κ1) is 8.82. The average Bonchev–Trinajstić information content (AvgIpc) is 2.64. The van der Waals surface area contributed by atoms with Gasteiger partial charge in [-0.2, -0.15) is 0 Å². The fourth-order valence-corrected chi connectivity index (χ4v) is 3.24. The summed E-state index contributed by atoms with van der Waals surface area (Å²) in [5.41, 5.74) is 4.70. The normalized spacial score (nSPS) is 22.0. The summed E-state index contributed by atoms with van der Waals surface area (Å²) in [6.07, 6.45) is 5.31. The van der Waals surface area contributed by atoms with Crippen LogP contribution in [0.5, 0.6) is 0 Å². The standard InChI is InChI=1S/C14H16N2/c1-2-5-12-10(4-1)11-8-14(6-3-7-14)15-9-13(11)16-12/h1-2,4-5,15-16H,3,6-9H2. The van der Waals surface area contributed by atoms with Crippen LogP contribution >= 0.6 is 0 Å². The fourth-order valence-electron chi connectivity index (χ4n) is 3.24. The van der Waals surface area contributed by atoms with E-state index >= 15 is 0 Å². The smallest absolute Gasteiger partial charge is 0.0459 e. The highest BCUT2D eigenvalue weighted by Gasteiger charge is 2.40. The highest BCUT2D eigenvalue weighted by molar-refractivity contribution is 5.85. The summed E-state index contributed by atoms with van der Waals surface area (Å²) in [6, 6.07) is 8.69. The topological polar surface area (TPSA) is 27.8 Å². The minimum Gasteiger partial charge on any atom is -0.357 e. The van der Waals surface area contributed by atoms with Gasteiger partial charge in [0, 0.05) is 28.7 Å². The first-order valence-electron chi connectivity index (χ1n) is 6.20. The van der Waals surface area contributed by atoms with E-state index in [1.807, 2.05) is 0 Å². The minimum absolute atomic E-state index is 0.442. The van der Waals surface area contributed by atoms with Gasteiger partial charge in [-0.05, 0) is 37.3 Å². The summed E-state index contributed by atoms with van der Waals surface area (Å²) >= 11 is 0. The molecule has 4 rings (SSSR count). The lowest BCUT2D eigenvalue weighted by Crippen LogP contribution is -2.54. The van der Waals surface area contributed by atoms with Gasteiger partial charge >= 0.3 is 0 Å². The second-order valence-corrected chi connectivity index (χ2v) is 5.29. The second kappa shape index (κ2) is 2.89. The van der Waals surface area contributed by atoms with Gasteiger partial charge < -0.3 is 10.3 Å². The number of nitrogens with one attached hydrogen (secondary N) is 2. The van der Waals surface area contributed by atoms with Gasteiger partial charge in [0.2, 0.25) is 0 Å². The Bertz CT molecular complexity index is 549. The van der Waals surface area contributed by atoms with Gasteiger partial charge in [0.25, 0.3) is 0 Å². The molecule has 1 aliphatic heterocycles. The lowest BCUT2D eigenvalue weighted by Gasteiger charge is -2.45. The molecule has 1 aromatic carbocycles. The summed E-state index contributed by atoms with van der Waals surface area (Å²) in [7, 11) is 0. The molecule has 1 aliphatic carbocycles. The van der Waals surface area contributed by atoms with Gasteiger partial charge in [-0.25, -0.2) is 0 Å². The number of rotatable bonds is 0. The predicted octanol–water partition coefficient (Wildman–Crippen LogP) is 2.74. The molecule has 0 unspecified atom stereocenters. The summed E-state index contributed by atoms with van der Waals surface area (Å²) in [6.45, 7) is 1.02. The average molecular weight is 212 g/mol. The van der Waals surface area contributed by atoms with E-state index < -0.39 is 0 Å². The molecule has 0 saturated heterocycles. The van der Waals surface area contributed by atoms with Gasteiger partial charge in [-0.1, -0.05) is 18.2 Å². The van der Waals surface area contributed by atoms with Crippen LogP contribution in [0.15, 0.2) is 24.3 Å². The quantitative estimate of drug-likeness (QED) is 0.690. The van der Waals surface area contributed by atoms with E-state index in [0.29, 0.717) is 5.54 Å². The third kappa shape index (κ3) is 1.05. The third-order valence-corrected chi connectivity index (χ3v) is 4.37. The zero-order chi connectivity index (χ0) is 10.6. The number of fused-ring (bicyclic) bond motifs is 3. The molecule has 1 spiro atoms. The van der Waals surface area contributed by atoms with E-state index in [2.05, 4.69) is 34.6 Å². The van der Waals surface area contributed by atoms with Crippen molar-refractivity contribution in [2.75, 3.05) is 0 Å². The highest BCUT2D eigenvalue weighted by atomic mass is 15.0. The zero-order valence-electron chi connectivity index (χ0n) is 9.34. The minimum atomic E-state index is 0.442. The van der Waals surface area contributed by atoms with Gasteiger partial charge in [-0.3, -0.25) is 0 Å². The Morgan fingerprint density at radius 1 is 1.12 bits per heavy atom. The van der Waals surface area contributed by atoms with E-state index in [-0.39, 0.29) is 0 Å². The van der Waals surface area contributed by atoms with E-state index in [4.69, 9.17) is 0 Å². The molecule has 0 amide bonds. The SMILES string of the molecule is c1ccc2c3c([nH]c2c1)CNC1(CCC1)C3. The number of H-pyrrole nitrogens is 1. The molecule has 1 saturated carbocycles. The molecule has 2 heteroatoms. The van der Waals surface area contributed by atoms with Crippen molar-refractivity contribution in [1.82, 2.24) is 10.3 Å². The van der Waals surface area contributed by atoms with E-state index in [0.717, 1.165) is 6.54 Å². The van der Waals surface area contributed by atoms with Crippen LogP contribution in [0.1, 0.15) is 30.5 Å². The number of benzene rings is 1. The third-order valence-electron chi connectivity index (χ3n) is 4.37. The molecule has 16 heavy (non-hydrogen) atoms. The molecule has 1 fully saturated rings. The van der Waals surface area contributed by atoms with Crippen molar-refractivity contribution < 1.29 is 0 Å². The van der Waals surface area contributed by atoms with Crippen molar-refractivity contribution in [3.63, 3.8) is 0 Å². The molecular weight excluding hydrogens is 196 g/mol. The molecule has 82 valence electrons. The van der Waals surface area contributed by atoms with Gasteiger partial charge in [0.1, 0.15) is 0 Å². The number of para-hydroxylation sites is 1. The van der Waals surface area contributed by atoms with Crippen molar-refractivity contribution >= 4 is 10.9 Å². The predicted molar refractivity (Wildman–Crippen MR) is 65.4 cm³/mol. The molecular formula is C14H16N2. The second-order valence-electron chi connectivity index (χ2n) is 5.29. The van der Waals surface area contributed by atoms with Gasteiger partial charge in [0.15, 0.2) is 0 Å². The van der Waals surface area contributed by atoms with Crippen molar-refractivity contribution in [2.24, 2.45) is 0 Å². The lowest BCUT2D eigenvalue weighted by atomic mass is 9.71. The first-order chi connectivity index (χ1) is 7.86. The Kier molecular flexibility index (Phi) is 1.59. The van der Waals surface area contributed by atoms with Gasteiger partial charge in [-0.15, -0.1) is 0 Å². The Morgan fingerprint density at radius 2 is 2.00 bits per heavy atom. The van der Waals surface area contributed by atoms with E-state index in [1.54, 1.807) is 5.56 Å².